The Kier molecular flexibility index (Phi) is 7.65. The fraction of sp³-hybridized carbons (Fsp3) is 0.360. The molecule has 1 fully saturated rings. The predicted octanol–water partition coefficient (Wildman–Crippen LogP) is 4.32. The fourth-order valence-electron chi connectivity index (χ4n) is 4.01. The number of thiazole rings is 1. The number of aromatic nitrogens is 1. The van der Waals surface area contributed by atoms with Gasteiger partial charge in [-0.25, -0.2) is 18.1 Å². The summed E-state index contributed by atoms with van der Waals surface area (Å²) in [6.45, 7) is 2.44. The van der Waals surface area contributed by atoms with Crippen LogP contribution in [0.2, 0.25) is 0 Å². The van der Waals surface area contributed by atoms with Gasteiger partial charge < -0.3 is 10.1 Å². The van der Waals surface area contributed by atoms with Gasteiger partial charge in [0.05, 0.1) is 12.8 Å². The molecule has 1 aromatic heterocycles. The van der Waals surface area contributed by atoms with E-state index in [9.17, 15) is 13.2 Å². The topological polar surface area (TPSA) is 97.4 Å². The summed E-state index contributed by atoms with van der Waals surface area (Å²) in [4.78, 5) is 17.4. The first-order valence-corrected chi connectivity index (χ1v) is 13.7. The summed E-state index contributed by atoms with van der Waals surface area (Å²) >= 11 is 1.57. The van der Waals surface area contributed by atoms with Crippen LogP contribution < -0.4 is 14.8 Å². The molecule has 1 amide bonds. The summed E-state index contributed by atoms with van der Waals surface area (Å²) in [5.41, 5.74) is 3.45. The Morgan fingerprint density at radius 1 is 1.15 bits per heavy atom. The van der Waals surface area contributed by atoms with Crippen LogP contribution in [0.5, 0.6) is 5.75 Å². The van der Waals surface area contributed by atoms with Gasteiger partial charge in [-0.1, -0.05) is 42.7 Å². The molecule has 7 nitrogen and oxygen atoms in total. The Labute approximate surface area is 204 Å². The lowest BCUT2D eigenvalue weighted by atomic mass is 10.2. The van der Waals surface area contributed by atoms with E-state index >= 15 is 0 Å². The van der Waals surface area contributed by atoms with E-state index in [0.29, 0.717) is 13.0 Å². The fourth-order valence-corrected chi connectivity index (χ4v) is 6.37. The van der Waals surface area contributed by atoms with Crippen molar-refractivity contribution in [3.63, 3.8) is 0 Å². The monoisotopic (exact) mass is 499 g/mol. The first kappa shape index (κ1) is 24.4. The van der Waals surface area contributed by atoms with E-state index in [1.807, 2.05) is 12.3 Å². The van der Waals surface area contributed by atoms with Gasteiger partial charge in [0.15, 0.2) is 0 Å². The van der Waals surface area contributed by atoms with Crippen LogP contribution >= 0.6 is 11.3 Å². The van der Waals surface area contributed by atoms with Crippen LogP contribution in [0.15, 0.2) is 52.7 Å². The third-order valence-electron chi connectivity index (χ3n) is 5.91. The molecule has 0 saturated heterocycles. The number of nitrogens with one attached hydrogen (secondary N) is 2. The largest absolute Gasteiger partial charge is 0.495 e. The van der Waals surface area contributed by atoms with Crippen LogP contribution in [0, 0.1) is 6.92 Å². The third kappa shape index (κ3) is 5.84. The van der Waals surface area contributed by atoms with Crippen molar-refractivity contribution in [1.29, 1.82) is 0 Å². The van der Waals surface area contributed by atoms with Crippen LogP contribution in [0.1, 0.15) is 47.3 Å². The number of hydrogen-bond donors (Lipinski definition) is 2. The molecule has 0 radical (unpaired) electrons. The summed E-state index contributed by atoms with van der Waals surface area (Å²) in [7, 11) is -2.38. The van der Waals surface area contributed by atoms with Crippen molar-refractivity contribution in [2.45, 2.75) is 50.0 Å². The van der Waals surface area contributed by atoms with Gasteiger partial charge in [-0.2, -0.15) is 0 Å². The molecule has 0 aliphatic heterocycles. The van der Waals surface area contributed by atoms with Gasteiger partial charge in [-0.05, 0) is 38.0 Å². The summed E-state index contributed by atoms with van der Waals surface area (Å²) in [6, 6.07) is 12.6. The molecule has 9 heteroatoms. The molecule has 0 spiro atoms. The standard InChI is InChI=1S/C25H29N3O4S2/c1-17-7-9-18(10-8-17)25-27-21(16-33-25)13-14-26-24(29)19-11-12-22(32-2)23(15-19)34(30,31)28-20-5-3-4-6-20/h7-12,15-16,20,28H,3-6,13-14H2,1-2H3,(H,26,29). The summed E-state index contributed by atoms with van der Waals surface area (Å²) in [5.74, 6) is -0.123. The number of ether oxygens (including phenoxy) is 1. The molecule has 0 atom stereocenters. The molecular weight excluding hydrogens is 470 g/mol. The molecule has 180 valence electrons. The summed E-state index contributed by atoms with van der Waals surface area (Å²) in [5, 5.41) is 5.80. The minimum Gasteiger partial charge on any atom is -0.495 e. The van der Waals surface area contributed by atoms with Crippen molar-refractivity contribution >= 4 is 27.3 Å². The van der Waals surface area contributed by atoms with Crippen molar-refractivity contribution in [2.75, 3.05) is 13.7 Å². The Bertz CT molecular complexity index is 1250. The Morgan fingerprint density at radius 2 is 1.88 bits per heavy atom. The van der Waals surface area contributed by atoms with Gasteiger partial charge >= 0.3 is 0 Å². The van der Waals surface area contributed by atoms with Crippen molar-refractivity contribution in [2.24, 2.45) is 0 Å². The molecule has 1 aliphatic rings. The molecule has 1 saturated carbocycles. The summed E-state index contributed by atoms with van der Waals surface area (Å²) in [6.07, 6.45) is 4.25. The maximum absolute atomic E-state index is 12.9. The number of carbonyl (C=O) groups is 1. The quantitative estimate of drug-likeness (QED) is 0.457. The summed E-state index contributed by atoms with van der Waals surface area (Å²) < 4.78 is 33.9. The lowest BCUT2D eigenvalue weighted by molar-refractivity contribution is 0.0954. The van der Waals surface area contributed by atoms with E-state index in [-0.39, 0.29) is 28.2 Å². The average Bonchev–Trinajstić information content (AvgIpc) is 3.51. The number of hydrogen-bond acceptors (Lipinski definition) is 6. The molecule has 1 heterocycles. The molecule has 0 unspecified atom stereocenters. The second kappa shape index (κ2) is 10.7. The Balaban J connectivity index is 1.39. The van der Waals surface area contributed by atoms with Crippen molar-refractivity contribution < 1.29 is 17.9 Å². The van der Waals surface area contributed by atoms with E-state index in [1.165, 1.54) is 24.8 Å². The van der Waals surface area contributed by atoms with Crippen molar-refractivity contribution in [3.05, 3.63) is 64.7 Å². The maximum atomic E-state index is 12.9. The van der Waals surface area contributed by atoms with E-state index in [4.69, 9.17) is 4.74 Å². The molecule has 2 N–H and O–H groups in total. The molecule has 34 heavy (non-hydrogen) atoms. The van der Waals surface area contributed by atoms with Crippen LogP contribution in [0.4, 0.5) is 0 Å². The number of benzene rings is 2. The number of carbonyl (C=O) groups excluding carboxylic acids is 1. The van der Waals surface area contributed by atoms with Gasteiger partial charge in [0.2, 0.25) is 10.0 Å². The van der Waals surface area contributed by atoms with Crippen LogP contribution in [-0.4, -0.2) is 39.0 Å². The number of methoxy groups -OCH3 is 1. The predicted molar refractivity (Wildman–Crippen MR) is 134 cm³/mol. The van der Waals surface area contributed by atoms with Gasteiger partial charge in [-0.15, -0.1) is 11.3 Å². The van der Waals surface area contributed by atoms with Gasteiger partial charge in [0.1, 0.15) is 15.7 Å². The van der Waals surface area contributed by atoms with Crippen molar-refractivity contribution in [3.8, 4) is 16.3 Å². The molecule has 0 bridgehead atoms. The first-order chi connectivity index (χ1) is 16.4. The third-order valence-corrected chi connectivity index (χ3v) is 8.39. The number of nitrogens with zero attached hydrogens (tertiary/aromatic N) is 1. The SMILES string of the molecule is COc1ccc(C(=O)NCCc2csc(-c3ccc(C)cc3)n2)cc1S(=O)(=O)NC1CCCC1. The van der Waals surface area contributed by atoms with E-state index in [2.05, 4.69) is 39.3 Å². The Morgan fingerprint density at radius 3 is 2.59 bits per heavy atom. The second-order valence-electron chi connectivity index (χ2n) is 8.48. The number of amides is 1. The molecule has 2 aromatic carbocycles. The second-order valence-corrected chi connectivity index (χ2v) is 11.0. The maximum Gasteiger partial charge on any atom is 0.251 e. The number of aryl methyl sites for hydroxylation is 1. The molecular formula is C25H29N3O4S2. The number of sulfonamides is 1. The van der Waals surface area contributed by atoms with E-state index < -0.39 is 10.0 Å². The zero-order valence-electron chi connectivity index (χ0n) is 19.3. The normalized spacial score (nSPS) is 14.3. The Hall–Kier alpha value is -2.75. The highest BCUT2D eigenvalue weighted by Gasteiger charge is 2.26. The smallest absolute Gasteiger partial charge is 0.251 e. The van der Waals surface area contributed by atoms with Crippen LogP contribution in [0.25, 0.3) is 10.6 Å². The van der Waals surface area contributed by atoms with E-state index in [0.717, 1.165) is 41.9 Å². The zero-order chi connectivity index (χ0) is 24.1. The molecule has 1 aliphatic carbocycles. The molecule has 3 aromatic rings. The van der Waals surface area contributed by atoms with Gasteiger partial charge in [-0.3, -0.25) is 4.79 Å². The van der Waals surface area contributed by atoms with Crippen LogP contribution in [-0.2, 0) is 16.4 Å². The van der Waals surface area contributed by atoms with Crippen LogP contribution in [0.3, 0.4) is 0 Å². The van der Waals surface area contributed by atoms with Gasteiger partial charge in [0.25, 0.3) is 5.91 Å². The molecule has 4 rings (SSSR count). The zero-order valence-corrected chi connectivity index (χ0v) is 21.0. The van der Waals surface area contributed by atoms with E-state index in [1.54, 1.807) is 17.4 Å². The highest BCUT2D eigenvalue weighted by molar-refractivity contribution is 7.89. The minimum atomic E-state index is -3.80. The minimum absolute atomic E-state index is 0.0169. The average molecular weight is 500 g/mol. The highest BCUT2D eigenvalue weighted by atomic mass is 32.2. The number of rotatable bonds is 9. The van der Waals surface area contributed by atoms with Gasteiger partial charge in [0, 0.05) is 35.5 Å². The lowest BCUT2D eigenvalue weighted by Gasteiger charge is -2.15. The first-order valence-electron chi connectivity index (χ1n) is 11.4. The lowest BCUT2D eigenvalue weighted by Crippen LogP contribution is -2.33. The van der Waals surface area contributed by atoms with Crippen molar-refractivity contribution in [1.82, 2.24) is 15.0 Å². The highest BCUT2D eigenvalue weighted by Crippen LogP contribution is 2.27.